The Morgan fingerprint density at radius 3 is 2.79 bits per heavy atom. The van der Waals surface area contributed by atoms with Crippen molar-refractivity contribution in [2.75, 3.05) is 26.2 Å². The van der Waals surface area contributed by atoms with Gasteiger partial charge < -0.3 is 9.84 Å². The van der Waals surface area contributed by atoms with E-state index in [0.29, 0.717) is 18.2 Å². The van der Waals surface area contributed by atoms with Crippen molar-refractivity contribution < 1.29 is 9.84 Å². The summed E-state index contributed by atoms with van der Waals surface area (Å²) in [6.07, 6.45) is 4.47. The molecule has 1 aliphatic heterocycles. The number of rotatable bonds is 5. The molecular weight excluding hydrogens is 320 g/mol. The second-order valence-electron chi connectivity index (χ2n) is 6.12. The van der Waals surface area contributed by atoms with Gasteiger partial charge in [0.05, 0.1) is 0 Å². The van der Waals surface area contributed by atoms with Gasteiger partial charge in [-0.25, -0.2) is 4.98 Å². The van der Waals surface area contributed by atoms with Gasteiger partial charge >= 0.3 is 0 Å². The summed E-state index contributed by atoms with van der Waals surface area (Å²) in [6, 6.07) is 11.6. The van der Waals surface area contributed by atoms with Gasteiger partial charge in [-0.2, -0.15) is 0 Å². The van der Waals surface area contributed by atoms with E-state index < -0.39 is 0 Å². The van der Waals surface area contributed by atoms with Crippen molar-refractivity contribution in [3.05, 3.63) is 42.6 Å². The highest BCUT2D eigenvalue weighted by molar-refractivity contribution is 7.22. The maximum absolute atomic E-state index is 9.58. The van der Waals surface area contributed by atoms with E-state index in [1.165, 1.54) is 25.9 Å². The lowest BCUT2D eigenvalue weighted by Gasteiger charge is -2.14. The van der Waals surface area contributed by atoms with Crippen LogP contribution in [-0.2, 0) is 0 Å². The van der Waals surface area contributed by atoms with Crippen LogP contribution in [0.15, 0.2) is 42.6 Å². The molecule has 3 heterocycles. The molecule has 2 aromatic heterocycles. The van der Waals surface area contributed by atoms with Gasteiger partial charge in [0.15, 0.2) is 0 Å². The first-order chi connectivity index (χ1) is 11.8. The van der Waals surface area contributed by atoms with Crippen molar-refractivity contribution in [3.63, 3.8) is 0 Å². The lowest BCUT2D eigenvalue weighted by molar-refractivity contribution is 0.232. The molecule has 0 unspecified atom stereocenters. The molecule has 1 aliphatic rings. The molecule has 3 aromatic rings. The van der Waals surface area contributed by atoms with Crippen molar-refractivity contribution in [2.45, 2.75) is 12.8 Å². The normalized spacial score (nSPS) is 15.2. The number of pyridine rings is 1. The third-order valence-corrected chi connectivity index (χ3v) is 5.53. The average molecular weight is 340 g/mol. The topological polar surface area (TPSA) is 45.6 Å². The van der Waals surface area contributed by atoms with Crippen LogP contribution in [-0.4, -0.2) is 41.2 Å². The van der Waals surface area contributed by atoms with Crippen LogP contribution in [0.2, 0.25) is 0 Å². The smallest absolute Gasteiger partial charge is 0.213 e. The van der Waals surface area contributed by atoms with E-state index in [-0.39, 0.29) is 0 Å². The van der Waals surface area contributed by atoms with Crippen LogP contribution >= 0.6 is 11.3 Å². The minimum absolute atomic E-state index is 0.302. The second kappa shape index (κ2) is 6.79. The van der Waals surface area contributed by atoms with Crippen LogP contribution in [0.1, 0.15) is 12.8 Å². The first kappa shape index (κ1) is 15.4. The predicted octanol–water partition coefficient (Wildman–Crippen LogP) is 4.14. The number of fused-ring (bicyclic) bond motifs is 1. The number of thiophene rings is 1. The molecule has 5 heteroatoms. The molecule has 0 aliphatic carbocycles. The van der Waals surface area contributed by atoms with E-state index in [4.69, 9.17) is 4.74 Å². The molecule has 0 amide bonds. The summed E-state index contributed by atoms with van der Waals surface area (Å²) in [5.74, 6) is 0.979. The number of ether oxygens (including phenoxy) is 1. The number of benzene rings is 1. The van der Waals surface area contributed by atoms with Crippen molar-refractivity contribution in [1.82, 2.24) is 9.88 Å². The van der Waals surface area contributed by atoms with Gasteiger partial charge in [-0.1, -0.05) is 0 Å². The SMILES string of the molecule is Oc1ccc2cc(-c3ccc(OCCN4CCCC4)nc3)sc2c1. The van der Waals surface area contributed by atoms with Gasteiger partial charge in [-0.05, 0) is 61.6 Å². The third-order valence-electron chi connectivity index (χ3n) is 4.38. The van der Waals surface area contributed by atoms with Crippen LogP contribution in [0, 0.1) is 0 Å². The molecule has 1 N–H and O–H groups in total. The van der Waals surface area contributed by atoms with Gasteiger partial charge in [0.1, 0.15) is 12.4 Å². The van der Waals surface area contributed by atoms with Crippen molar-refractivity contribution in [2.24, 2.45) is 0 Å². The number of likely N-dealkylation sites (tertiary alicyclic amines) is 1. The summed E-state index contributed by atoms with van der Waals surface area (Å²) in [5.41, 5.74) is 1.07. The molecule has 0 saturated carbocycles. The zero-order valence-electron chi connectivity index (χ0n) is 13.4. The predicted molar refractivity (Wildman–Crippen MR) is 97.9 cm³/mol. The molecular formula is C19H20N2O2S. The quantitative estimate of drug-likeness (QED) is 0.758. The summed E-state index contributed by atoms with van der Waals surface area (Å²) < 4.78 is 6.83. The number of aromatic nitrogens is 1. The van der Waals surface area contributed by atoms with Crippen molar-refractivity contribution in [3.8, 4) is 22.1 Å². The molecule has 1 aromatic carbocycles. The summed E-state index contributed by atoms with van der Waals surface area (Å²) in [6.45, 7) is 4.05. The van der Waals surface area contributed by atoms with Gasteiger partial charge in [-0.3, -0.25) is 4.90 Å². The van der Waals surface area contributed by atoms with Crippen molar-refractivity contribution >= 4 is 21.4 Å². The van der Waals surface area contributed by atoms with Crippen LogP contribution in [0.5, 0.6) is 11.6 Å². The lowest BCUT2D eigenvalue weighted by Crippen LogP contribution is -2.25. The van der Waals surface area contributed by atoms with Gasteiger partial charge in [0.2, 0.25) is 5.88 Å². The number of nitrogens with zero attached hydrogens (tertiary/aromatic N) is 2. The molecule has 24 heavy (non-hydrogen) atoms. The average Bonchev–Trinajstić information content (AvgIpc) is 3.24. The fourth-order valence-electron chi connectivity index (χ4n) is 3.06. The Balaban J connectivity index is 1.42. The Hall–Kier alpha value is -2.11. The number of phenols is 1. The lowest BCUT2D eigenvalue weighted by atomic mass is 10.2. The first-order valence-electron chi connectivity index (χ1n) is 8.32. The highest BCUT2D eigenvalue weighted by atomic mass is 32.1. The fraction of sp³-hybridized carbons (Fsp3) is 0.316. The van der Waals surface area contributed by atoms with Crippen LogP contribution in [0.3, 0.4) is 0 Å². The Morgan fingerprint density at radius 1 is 1.12 bits per heavy atom. The van der Waals surface area contributed by atoms with Crippen LogP contribution < -0.4 is 4.74 Å². The maximum atomic E-state index is 9.58. The maximum Gasteiger partial charge on any atom is 0.213 e. The molecule has 1 fully saturated rings. The third kappa shape index (κ3) is 3.37. The number of hydrogen-bond acceptors (Lipinski definition) is 5. The molecule has 0 spiro atoms. The summed E-state index contributed by atoms with van der Waals surface area (Å²) in [4.78, 5) is 8.00. The summed E-state index contributed by atoms with van der Waals surface area (Å²) in [5, 5.41) is 10.7. The Kier molecular flexibility index (Phi) is 4.36. The molecule has 4 nitrogen and oxygen atoms in total. The van der Waals surface area contributed by atoms with E-state index in [0.717, 1.165) is 27.1 Å². The summed E-state index contributed by atoms with van der Waals surface area (Å²) in [7, 11) is 0. The van der Waals surface area contributed by atoms with E-state index in [1.807, 2.05) is 24.4 Å². The molecule has 4 rings (SSSR count). The van der Waals surface area contributed by atoms with Crippen LogP contribution in [0.25, 0.3) is 20.5 Å². The van der Waals surface area contributed by atoms with E-state index in [1.54, 1.807) is 23.5 Å². The zero-order chi connectivity index (χ0) is 16.4. The number of phenolic OH excluding ortho intramolecular Hbond substituents is 1. The minimum atomic E-state index is 0.302. The largest absolute Gasteiger partial charge is 0.508 e. The van der Waals surface area contributed by atoms with Crippen LogP contribution in [0.4, 0.5) is 0 Å². The monoisotopic (exact) mass is 340 g/mol. The van der Waals surface area contributed by atoms with Gasteiger partial charge in [0.25, 0.3) is 0 Å². The zero-order valence-corrected chi connectivity index (χ0v) is 14.3. The standard InChI is InChI=1S/C19H20N2O2S/c22-16-5-3-14-11-17(24-18(14)12-16)15-4-6-19(20-13-15)23-10-9-21-7-1-2-8-21/h3-6,11-13,22H,1-2,7-10H2. The molecule has 0 atom stereocenters. The van der Waals surface area contributed by atoms with Crippen molar-refractivity contribution in [1.29, 1.82) is 0 Å². The van der Waals surface area contributed by atoms with E-state index >= 15 is 0 Å². The first-order valence-corrected chi connectivity index (χ1v) is 9.14. The van der Waals surface area contributed by atoms with E-state index in [2.05, 4.69) is 16.0 Å². The Labute approximate surface area is 145 Å². The summed E-state index contributed by atoms with van der Waals surface area (Å²) >= 11 is 1.66. The minimum Gasteiger partial charge on any atom is -0.508 e. The van der Waals surface area contributed by atoms with Gasteiger partial charge in [-0.15, -0.1) is 11.3 Å². The molecule has 124 valence electrons. The second-order valence-corrected chi connectivity index (χ2v) is 7.20. The Morgan fingerprint density at radius 2 is 2.00 bits per heavy atom. The van der Waals surface area contributed by atoms with E-state index in [9.17, 15) is 5.11 Å². The Bertz CT molecular complexity index is 823. The number of aromatic hydroxyl groups is 1. The highest BCUT2D eigenvalue weighted by Gasteiger charge is 2.11. The molecule has 0 bridgehead atoms. The molecule has 1 saturated heterocycles. The fourth-order valence-corrected chi connectivity index (χ4v) is 4.14. The number of hydrogen-bond donors (Lipinski definition) is 1. The van der Waals surface area contributed by atoms with Gasteiger partial charge in [0, 0.05) is 33.9 Å². The highest BCUT2D eigenvalue weighted by Crippen LogP contribution is 2.35. The molecule has 0 radical (unpaired) electrons.